The first kappa shape index (κ1) is 20.5. The molecule has 0 aliphatic rings. The smallest absolute Gasteiger partial charge is 0.229 e. The fourth-order valence-corrected chi connectivity index (χ4v) is 3.52. The summed E-state index contributed by atoms with van der Waals surface area (Å²) in [5.74, 6) is 0.205. The highest BCUT2D eigenvalue weighted by molar-refractivity contribution is 5.99. The highest BCUT2D eigenvalue weighted by Gasteiger charge is 2.22. The van der Waals surface area contributed by atoms with Crippen LogP contribution in [-0.2, 0) is 17.8 Å². The lowest BCUT2D eigenvalue weighted by atomic mass is 10.0. The third-order valence-corrected chi connectivity index (χ3v) is 4.94. The van der Waals surface area contributed by atoms with Crippen LogP contribution in [0.1, 0.15) is 18.9 Å². The first-order chi connectivity index (χ1) is 15.2. The van der Waals surface area contributed by atoms with Crippen LogP contribution in [0.25, 0.3) is 22.4 Å². The Balaban J connectivity index is 1.80. The highest BCUT2D eigenvalue weighted by Crippen LogP contribution is 2.38. The topological polar surface area (TPSA) is 59.8 Å². The lowest BCUT2D eigenvalue weighted by molar-refractivity contribution is -0.115. The molecule has 0 spiro atoms. The number of amides is 1. The van der Waals surface area contributed by atoms with Crippen LogP contribution in [0.15, 0.2) is 79.1 Å². The molecule has 6 heteroatoms. The Bertz CT molecular complexity index is 1160. The summed E-state index contributed by atoms with van der Waals surface area (Å²) < 4.78 is 15.3. The molecule has 0 aliphatic heterocycles. The predicted octanol–water partition coefficient (Wildman–Crippen LogP) is 5.34. The summed E-state index contributed by atoms with van der Waals surface area (Å²) in [7, 11) is 0. The number of aryl methyl sites for hydroxylation is 1. The summed E-state index contributed by atoms with van der Waals surface area (Å²) in [4.78, 5) is 17.0. The van der Waals surface area contributed by atoms with Gasteiger partial charge in [-0.2, -0.15) is 5.10 Å². The van der Waals surface area contributed by atoms with Crippen LogP contribution >= 0.6 is 0 Å². The number of pyridine rings is 1. The number of benzene rings is 2. The summed E-state index contributed by atoms with van der Waals surface area (Å²) in [6.07, 6.45) is 4.52. The second kappa shape index (κ2) is 9.34. The van der Waals surface area contributed by atoms with Crippen molar-refractivity contribution in [3.8, 4) is 22.4 Å². The molecule has 0 radical (unpaired) electrons. The normalized spacial score (nSPS) is 10.8. The Labute approximate surface area is 180 Å². The van der Waals surface area contributed by atoms with E-state index in [4.69, 9.17) is 5.10 Å². The Hall–Kier alpha value is -3.80. The number of nitrogens with zero attached hydrogens (tertiary/aromatic N) is 3. The third-order valence-electron chi connectivity index (χ3n) is 4.94. The molecular weight excluding hydrogens is 391 g/mol. The molecule has 1 amide bonds. The largest absolute Gasteiger partial charge is 0.310 e. The Morgan fingerprint density at radius 1 is 0.968 bits per heavy atom. The average Bonchev–Trinajstić information content (AvgIpc) is 3.13. The van der Waals surface area contributed by atoms with Gasteiger partial charge in [-0.1, -0.05) is 37.3 Å². The van der Waals surface area contributed by atoms with E-state index in [0.717, 1.165) is 28.7 Å². The van der Waals surface area contributed by atoms with Crippen molar-refractivity contribution < 1.29 is 9.18 Å². The minimum absolute atomic E-state index is 0.121. The summed E-state index contributed by atoms with van der Waals surface area (Å²) in [6, 6.07) is 19.6. The summed E-state index contributed by atoms with van der Waals surface area (Å²) >= 11 is 0. The summed E-state index contributed by atoms with van der Waals surface area (Å²) in [5.41, 5.74) is 4.08. The summed E-state index contributed by atoms with van der Waals surface area (Å²) in [6.45, 7) is 2.70. The van der Waals surface area contributed by atoms with Crippen molar-refractivity contribution in [2.45, 2.75) is 26.3 Å². The van der Waals surface area contributed by atoms with E-state index < -0.39 is 0 Å². The molecule has 5 nitrogen and oxygen atoms in total. The molecule has 0 unspecified atom stereocenters. The second-order valence-electron chi connectivity index (χ2n) is 7.25. The number of rotatable bonds is 7. The molecule has 0 aliphatic carbocycles. The molecule has 4 aromatic rings. The monoisotopic (exact) mass is 414 g/mol. The molecule has 0 saturated carbocycles. The van der Waals surface area contributed by atoms with Crippen LogP contribution in [0, 0.1) is 5.82 Å². The molecule has 31 heavy (non-hydrogen) atoms. The number of anilines is 1. The van der Waals surface area contributed by atoms with Crippen LogP contribution in [0.4, 0.5) is 10.2 Å². The first-order valence-corrected chi connectivity index (χ1v) is 10.3. The Morgan fingerprint density at radius 3 is 2.35 bits per heavy atom. The van der Waals surface area contributed by atoms with Gasteiger partial charge < -0.3 is 5.32 Å². The van der Waals surface area contributed by atoms with E-state index in [9.17, 15) is 9.18 Å². The van der Waals surface area contributed by atoms with E-state index in [1.807, 2.05) is 47.1 Å². The molecule has 0 saturated heterocycles. The zero-order chi connectivity index (χ0) is 21.6. The van der Waals surface area contributed by atoms with E-state index in [1.165, 1.54) is 12.1 Å². The number of carbonyl (C=O) groups excluding carboxylic acids is 1. The van der Waals surface area contributed by atoms with Crippen molar-refractivity contribution >= 4 is 11.7 Å². The number of carbonyl (C=O) groups is 1. The maximum atomic E-state index is 13.5. The molecule has 0 fully saturated rings. The number of halogens is 1. The van der Waals surface area contributed by atoms with Gasteiger partial charge >= 0.3 is 0 Å². The molecule has 2 aromatic heterocycles. The second-order valence-corrected chi connectivity index (χ2v) is 7.25. The van der Waals surface area contributed by atoms with Gasteiger partial charge in [-0.15, -0.1) is 0 Å². The lowest BCUT2D eigenvalue weighted by Gasteiger charge is -2.11. The fraction of sp³-hybridized carbons (Fsp3) is 0.160. The Kier molecular flexibility index (Phi) is 6.17. The van der Waals surface area contributed by atoms with Crippen molar-refractivity contribution in [2.24, 2.45) is 0 Å². The summed E-state index contributed by atoms with van der Waals surface area (Å²) in [5, 5.41) is 7.87. The van der Waals surface area contributed by atoms with Gasteiger partial charge in [0.15, 0.2) is 0 Å². The minimum atomic E-state index is -0.307. The number of nitrogens with one attached hydrogen (secondary N) is 1. The quantitative estimate of drug-likeness (QED) is 0.444. The maximum Gasteiger partial charge on any atom is 0.229 e. The minimum Gasteiger partial charge on any atom is -0.310 e. The van der Waals surface area contributed by atoms with E-state index in [1.54, 1.807) is 24.5 Å². The number of aromatic nitrogens is 3. The van der Waals surface area contributed by atoms with Gasteiger partial charge in [0.2, 0.25) is 5.91 Å². The molecule has 0 atom stereocenters. The van der Waals surface area contributed by atoms with Crippen LogP contribution < -0.4 is 5.32 Å². The molecular formula is C25H23FN4O. The van der Waals surface area contributed by atoms with Crippen molar-refractivity contribution in [1.82, 2.24) is 14.8 Å². The van der Waals surface area contributed by atoms with Crippen molar-refractivity contribution in [3.63, 3.8) is 0 Å². The van der Waals surface area contributed by atoms with Crippen LogP contribution in [0.5, 0.6) is 0 Å². The van der Waals surface area contributed by atoms with Crippen molar-refractivity contribution in [3.05, 3.63) is 90.5 Å². The number of hydrogen-bond acceptors (Lipinski definition) is 3. The molecule has 2 heterocycles. The van der Waals surface area contributed by atoms with Crippen LogP contribution in [-0.4, -0.2) is 20.7 Å². The van der Waals surface area contributed by atoms with Crippen LogP contribution in [0.2, 0.25) is 0 Å². The van der Waals surface area contributed by atoms with E-state index >= 15 is 0 Å². The van der Waals surface area contributed by atoms with Gasteiger partial charge in [-0.25, -0.2) is 9.07 Å². The zero-order valence-electron chi connectivity index (χ0n) is 17.3. The third kappa shape index (κ3) is 4.69. The Morgan fingerprint density at radius 2 is 1.68 bits per heavy atom. The number of hydrogen-bond donors (Lipinski definition) is 1. The highest BCUT2D eigenvalue weighted by atomic mass is 19.1. The zero-order valence-corrected chi connectivity index (χ0v) is 17.3. The van der Waals surface area contributed by atoms with Crippen molar-refractivity contribution in [1.29, 1.82) is 0 Å². The van der Waals surface area contributed by atoms with Gasteiger partial charge in [0.25, 0.3) is 0 Å². The maximum absolute atomic E-state index is 13.5. The van der Waals surface area contributed by atoms with E-state index in [0.29, 0.717) is 18.1 Å². The fourth-order valence-electron chi connectivity index (χ4n) is 3.52. The SMILES string of the molecule is CCCn1nc(-c2ccc(F)cc2)c(-c2ccncc2)c1NC(=O)Cc1ccccc1. The van der Waals surface area contributed by atoms with Gasteiger partial charge in [0.1, 0.15) is 17.3 Å². The average molecular weight is 414 g/mol. The van der Waals surface area contributed by atoms with Crippen molar-refractivity contribution in [2.75, 3.05) is 5.32 Å². The molecule has 4 rings (SSSR count). The van der Waals surface area contributed by atoms with Crippen LogP contribution in [0.3, 0.4) is 0 Å². The van der Waals surface area contributed by atoms with Gasteiger partial charge in [0, 0.05) is 24.5 Å². The lowest BCUT2D eigenvalue weighted by Crippen LogP contribution is -2.18. The molecule has 0 bridgehead atoms. The van der Waals surface area contributed by atoms with E-state index in [-0.39, 0.29) is 18.1 Å². The van der Waals surface area contributed by atoms with Gasteiger partial charge in [0.05, 0.1) is 12.0 Å². The molecule has 156 valence electrons. The first-order valence-electron chi connectivity index (χ1n) is 10.3. The molecule has 1 N–H and O–H groups in total. The molecule has 2 aromatic carbocycles. The standard InChI is InChI=1S/C25H23FN4O/c1-2-16-30-25(28-22(31)17-18-6-4-3-5-7-18)23(19-12-14-27-15-13-19)24(29-30)20-8-10-21(26)11-9-20/h3-15H,2,16-17H2,1H3,(H,28,31). The van der Waals surface area contributed by atoms with E-state index in [2.05, 4.69) is 17.2 Å². The van der Waals surface area contributed by atoms with Gasteiger partial charge in [-0.05, 0) is 53.9 Å². The van der Waals surface area contributed by atoms with Gasteiger partial charge in [-0.3, -0.25) is 9.78 Å². The predicted molar refractivity (Wildman–Crippen MR) is 120 cm³/mol.